The molecule has 4 nitrogen and oxygen atoms in total. The van der Waals surface area contributed by atoms with Gasteiger partial charge in [-0.3, -0.25) is 4.79 Å². The smallest absolute Gasteiger partial charge is 0.257 e. The molecule has 0 spiro atoms. The molecule has 0 radical (unpaired) electrons. The van der Waals surface area contributed by atoms with Gasteiger partial charge in [-0.05, 0) is 18.5 Å². The van der Waals surface area contributed by atoms with Crippen LogP contribution in [0.1, 0.15) is 10.4 Å². The first kappa shape index (κ1) is 12.9. The van der Waals surface area contributed by atoms with Crippen molar-refractivity contribution in [1.82, 2.24) is 9.80 Å². The van der Waals surface area contributed by atoms with E-state index >= 15 is 0 Å². The Labute approximate surface area is 118 Å². The molecule has 0 unspecified atom stereocenters. The van der Waals surface area contributed by atoms with Crippen LogP contribution < -0.4 is 0 Å². The summed E-state index contributed by atoms with van der Waals surface area (Å²) >= 11 is 0. The van der Waals surface area contributed by atoms with E-state index in [4.69, 9.17) is 0 Å². The molecule has 104 valence electrons. The summed E-state index contributed by atoms with van der Waals surface area (Å²) in [5, 5.41) is 12.0. The molecule has 4 heteroatoms. The average molecular weight is 270 g/mol. The Morgan fingerprint density at radius 2 is 1.75 bits per heavy atom. The topological polar surface area (TPSA) is 43.8 Å². The average Bonchev–Trinajstić information content (AvgIpc) is 2.48. The number of phenolic OH excluding ortho intramolecular Hbond substituents is 1. The van der Waals surface area contributed by atoms with Gasteiger partial charge < -0.3 is 14.9 Å². The minimum absolute atomic E-state index is 0.0821. The van der Waals surface area contributed by atoms with Gasteiger partial charge in [0, 0.05) is 31.6 Å². The molecule has 1 aliphatic heterocycles. The summed E-state index contributed by atoms with van der Waals surface area (Å²) in [7, 11) is 2.05. The molecule has 1 aliphatic rings. The fourth-order valence-electron chi connectivity index (χ4n) is 2.61. The number of benzene rings is 2. The maximum Gasteiger partial charge on any atom is 0.257 e. The summed E-state index contributed by atoms with van der Waals surface area (Å²) in [6.45, 7) is 3.17. The third-order valence-electron chi connectivity index (χ3n) is 3.92. The molecule has 1 N–H and O–H groups in total. The Hall–Kier alpha value is -2.07. The minimum Gasteiger partial charge on any atom is -0.506 e. The highest BCUT2D eigenvalue weighted by Gasteiger charge is 2.23. The van der Waals surface area contributed by atoms with Gasteiger partial charge in [0.2, 0.25) is 0 Å². The number of carbonyl (C=O) groups excluding carboxylic acids is 1. The summed E-state index contributed by atoms with van der Waals surface area (Å²) in [6.07, 6.45) is 0. The van der Waals surface area contributed by atoms with E-state index in [2.05, 4.69) is 11.9 Å². The molecule has 0 atom stereocenters. The number of amides is 1. The first-order valence-electron chi connectivity index (χ1n) is 6.85. The van der Waals surface area contributed by atoms with Gasteiger partial charge in [-0.2, -0.15) is 0 Å². The molecule has 0 saturated carbocycles. The molecule has 1 amide bonds. The number of hydrogen-bond donors (Lipinski definition) is 1. The van der Waals surface area contributed by atoms with Crippen LogP contribution in [0.3, 0.4) is 0 Å². The van der Waals surface area contributed by atoms with Crippen LogP contribution in [0.15, 0.2) is 36.4 Å². The Balaban J connectivity index is 1.94. The summed E-state index contributed by atoms with van der Waals surface area (Å²) in [5.41, 5.74) is 0.397. The lowest BCUT2D eigenvalue weighted by atomic mass is 10.0. The molecule has 1 saturated heterocycles. The molecule has 1 fully saturated rings. The first-order chi connectivity index (χ1) is 9.66. The van der Waals surface area contributed by atoms with Gasteiger partial charge in [-0.15, -0.1) is 0 Å². The van der Waals surface area contributed by atoms with Gasteiger partial charge in [0.25, 0.3) is 5.91 Å². The zero-order valence-corrected chi connectivity index (χ0v) is 11.5. The fourth-order valence-corrected chi connectivity index (χ4v) is 2.61. The largest absolute Gasteiger partial charge is 0.506 e. The van der Waals surface area contributed by atoms with Crippen molar-refractivity contribution in [2.24, 2.45) is 0 Å². The molecule has 2 aromatic rings. The maximum atomic E-state index is 12.5. The van der Waals surface area contributed by atoms with Crippen molar-refractivity contribution in [3.63, 3.8) is 0 Å². The van der Waals surface area contributed by atoms with E-state index in [-0.39, 0.29) is 11.7 Å². The second-order valence-electron chi connectivity index (χ2n) is 5.28. The zero-order valence-electron chi connectivity index (χ0n) is 11.5. The number of carbonyl (C=O) groups is 1. The van der Waals surface area contributed by atoms with E-state index in [9.17, 15) is 9.90 Å². The lowest BCUT2D eigenvalue weighted by molar-refractivity contribution is 0.0661. The highest BCUT2D eigenvalue weighted by Crippen LogP contribution is 2.29. The van der Waals surface area contributed by atoms with Crippen LogP contribution in [-0.4, -0.2) is 54.0 Å². The van der Waals surface area contributed by atoms with E-state index < -0.39 is 0 Å². The molecule has 0 bridgehead atoms. The third kappa shape index (κ3) is 2.23. The molecule has 1 heterocycles. The van der Waals surface area contributed by atoms with Crippen LogP contribution in [-0.2, 0) is 0 Å². The highest BCUT2D eigenvalue weighted by molar-refractivity contribution is 6.03. The van der Waals surface area contributed by atoms with Gasteiger partial charge in [0.1, 0.15) is 5.75 Å². The quantitative estimate of drug-likeness (QED) is 0.861. The van der Waals surface area contributed by atoms with E-state index in [1.807, 2.05) is 35.2 Å². The van der Waals surface area contributed by atoms with Crippen LogP contribution in [0.4, 0.5) is 0 Å². The number of fused-ring (bicyclic) bond motifs is 1. The van der Waals surface area contributed by atoms with Crippen molar-refractivity contribution in [2.45, 2.75) is 0 Å². The Bertz CT molecular complexity index is 646. The van der Waals surface area contributed by atoms with Crippen molar-refractivity contribution in [3.05, 3.63) is 42.0 Å². The number of phenols is 1. The molecule has 0 aromatic heterocycles. The zero-order chi connectivity index (χ0) is 14.1. The van der Waals surface area contributed by atoms with Crippen molar-refractivity contribution >= 4 is 16.7 Å². The lowest BCUT2D eigenvalue weighted by Crippen LogP contribution is -2.47. The monoisotopic (exact) mass is 270 g/mol. The van der Waals surface area contributed by atoms with Crippen molar-refractivity contribution in [3.8, 4) is 5.75 Å². The summed E-state index contributed by atoms with van der Waals surface area (Å²) in [4.78, 5) is 16.5. The first-order valence-corrected chi connectivity index (χ1v) is 6.85. The third-order valence-corrected chi connectivity index (χ3v) is 3.92. The SMILES string of the molecule is CN1CCN(C(=O)c2ccc3ccccc3c2O)CC1. The summed E-state index contributed by atoms with van der Waals surface area (Å²) in [6, 6.07) is 11.2. The number of hydrogen-bond acceptors (Lipinski definition) is 3. The van der Waals surface area contributed by atoms with Crippen molar-refractivity contribution < 1.29 is 9.90 Å². The van der Waals surface area contributed by atoms with E-state index in [1.54, 1.807) is 6.07 Å². The Kier molecular flexibility index (Phi) is 3.32. The maximum absolute atomic E-state index is 12.5. The second-order valence-corrected chi connectivity index (χ2v) is 5.28. The van der Waals surface area contributed by atoms with E-state index in [0.29, 0.717) is 18.7 Å². The standard InChI is InChI=1S/C16H18N2O2/c1-17-8-10-18(11-9-17)16(20)14-7-6-12-4-2-3-5-13(12)15(14)19/h2-7,19H,8-11H2,1H3. The Morgan fingerprint density at radius 3 is 2.50 bits per heavy atom. The van der Waals surface area contributed by atoms with Crippen LogP contribution in [0.25, 0.3) is 10.8 Å². The summed E-state index contributed by atoms with van der Waals surface area (Å²) < 4.78 is 0. The highest BCUT2D eigenvalue weighted by atomic mass is 16.3. The van der Waals surface area contributed by atoms with Gasteiger partial charge in [0.15, 0.2) is 0 Å². The Morgan fingerprint density at radius 1 is 1.05 bits per heavy atom. The predicted octanol–water partition coefficient (Wildman–Crippen LogP) is 1.93. The van der Waals surface area contributed by atoms with Crippen LogP contribution >= 0.6 is 0 Å². The number of nitrogens with zero attached hydrogens (tertiary/aromatic N) is 2. The number of likely N-dealkylation sites (N-methyl/N-ethyl adjacent to an activating group) is 1. The molecular formula is C16H18N2O2. The molecule has 3 rings (SSSR count). The van der Waals surface area contributed by atoms with Crippen LogP contribution in [0.5, 0.6) is 5.75 Å². The van der Waals surface area contributed by atoms with E-state index in [0.717, 1.165) is 23.9 Å². The van der Waals surface area contributed by atoms with Gasteiger partial charge in [0.05, 0.1) is 5.56 Å². The second kappa shape index (κ2) is 5.13. The van der Waals surface area contributed by atoms with Crippen LogP contribution in [0, 0.1) is 0 Å². The van der Waals surface area contributed by atoms with Crippen LogP contribution in [0.2, 0.25) is 0 Å². The van der Waals surface area contributed by atoms with E-state index in [1.165, 1.54) is 0 Å². The van der Waals surface area contributed by atoms with Gasteiger partial charge in [-0.25, -0.2) is 0 Å². The predicted molar refractivity (Wildman–Crippen MR) is 79.0 cm³/mol. The molecular weight excluding hydrogens is 252 g/mol. The van der Waals surface area contributed by atoms with Gasteiger partial charge >= 0.3 is 0 Å². The summed E-state index contributed by atoms with van der Waals surface area (Å²) in [5.74, 6) is 0.00776. The lowest BCUT2D eigenvalue weighted by Gasteiger charge is -2.32. The number of piperazine rings is 1. The molecule has 2 aromatic carbocycles. The number of rotatable bonds is 1. The minimum atomic E-state index is -0.0821. The molecule has 0 aliphatic carbocycles. The number of aromatic hydroxyl groups is 1. The van der Waals surface area contributed by atoms with Crippen molar-refractivity contribution in [1.29, 1.82) is 0 Å². The molecule has 20 heavy (non-hydrogen) atoms. The van der Waals surface area contributed by atoms with Gasteiger partial charge in [-0.1, -0.05) is 30.3 Å². The van der Waals surface area contributed by atoms with Crippen molar-refractivity contribution in [2.75, 3.05) is 33.2 Å². The normalized spacial score (nSPS) is 16.6. The fraction of sp³-hybridized carbons (Fsp3) is 0.312.